The van der Waals surface area contributed by atoms with E-state index in [1.54, 1.807) is 0 Å². The van der Waals surface area contributed by atoms with E-state index in [9.17, 15) is 9.59 Å². The number of rotatable bonds is 3. The van der Waals surface area contributed by atoms with E-state index in [4.69, 9.17) is 0 Å². The van der Waals surface area contributed by atoms with Gasteiger partial charge in [-0.2, -0.15) is 0 Å². The summed E-state index contributed by atoms with van der Waals surface area (Å²) in [6.45, 7) is 0. The van der Waals surface area contributed by atoms with E-state index in [-0.39, 0.29) is 30.3 Å². The van der Waals surface area contributed by atoms with Crippen LogP contribution < -0.4 is 16.0 Å². The summed E-state index contributed by atoms with van der Waals surface area (Å²) < 4.78 is 0. The van der Waals surface area contributed by atoms with Gasteiger partial charge >= 0.3 is 0 Å². The Kier molecular flexibility index (Phi) is 4.78. The highest BCUT2D eigenvalue weighted by atomic mass is 16.2. The van der Waals surface area contributed by atoms with Crippen molar-refractivity contribution in [3.05, 3.63) is 0 Å². The number of carbonyl (C=O) groups is 2. The van der Waals surface area contributed by atoms with Crippen LogP contribution in [0.2, 0.25) is 0 Å². The molecule has 3 fully saturated rings. The number of hydrogen-bond acceptors (Lipinski definition) is 3. The fraction of sp³-hybridized carbons (Fsp3) is 0.875. The number of amides is 2. The summed E-state index contributed by atoms with van der Waals surface area (Å²) in [5, 5.41) is 9.60. The smallest absolute Gasteiger partial charge is 0.237 e. The lowest BCUT2D eigenvalue weighted by atomic mass is 9.87. The maximum atomic E-state index is 12.2. The van der Waals surface area contributed by atoms with Crippen LogP contribution in [0.5, 0.6) is 0 Å². The van der Waals surface area contributed by atoms with Gasteiger partial charge in [0.05, 0.1) is 12.5 Å². The Labute approximate surface area is 126 Å². The Morgan fingerprint density at radius 2 is 1.67 bits per heavy atom. The summed E-state index contributed by atoms with van der Waals surface area (Å²) in [6.07, 6.45) is 10.7. The van der Waals surface area contributed by atoms with Crippen LogP contribution in [-0.2, 0) is 9.59 Å². The van der Waals surface area contributed by atoms with Crippen molar-refractivity contribution in [3.63, 3.8) is 0 Å². The van der Waals surface area contributed by atoms with Crippen LogP contribution in [-0.4, -0.2) is 36.0 Å². The summed E-state index contributed by atoms with van der Waals surface area (Å²) in [6, 6.07) is 0.584. The molecule has 118 valence electrons. The maximum Gasteiger partial charge on any atom is 0.237 e. The molecule has 5 nitrogen and oxygen atoms in total. The fourth-order valence-electron chi connectivity index (χ4n) is 3.99. The van der Waals surface area contributed by atoms with E-state index < -0.39 is 0 Å². The standard InChI is InChI=1S/C16H27N3O2/c20-15(17-11-6-2-1-3-7-11)10-14-16(21)19-13-9-5-4-8-12(13)18-14/h11-14,18H,1-10H2,(H,17,20)(H,19,21)/t12-,13-,14-/m0/s1. The highest BCUT2D eigenvalue weighted by molar-refractivity contribution is 5.89. The van der Waals surface area contributed by atoms with E-state index in [1.165, 1.54) is 32.1 Å². The van der Waals surface area contributed by atoms with Crippen LogP contribution in [0.15, 0.2) is 0 Å². The zero-order chi connectivity index (χ0) is 14.7. The van der Waals surface area contributed by atoms with Gasteiger partial charge in [0.1, 0.15) is 0 Å². The second kappa shape index (κ2) is 6.77. The van der Waals surface area contributed by atoms with Gasteiger partial charge in [0.2, 0.25) is 11.8 Å². The first-order chi connectivity index (χ1) is 10.2. The topological polar surface area (TPSA) is 70.2 Å². The molecule has 3 rings (SSSR count). The minimum absolute atomic E-state index is 0.00283. The van der Waals surface area contributed by atoms with Crippen molar-refractivity contribution >= 4 is 11.8 Å². The Morgan fingerprint density at radius 3 is 2.43 bits per heavy atom. The van der Waals surface area contributed by atoms with Crippen molar-refractivity contribution in [1.29, 1.82) is 0 Å². The monoisotopic (exact) mass is 293 g/mol. The molecule has 0 spiro atoms. The molecule has 3 N–H and O–H groups in total. The molecule has 0 unspecified atom stereocenters. The summed E-state index contributed by atoms with van der Waals surface area (Å²) in [7, 11) is 0. The first kappa shape index (κ1) is 14.8. The molecule has 1 saturated heterocycles. The average molecular weight is 293 g/mol. The molecular weight excluding hydrogens is 266 g/mol. The molecule has 2 amide bonds. The molecule has 0 bridgehead atoms. The van der Waals surface area contributed by atoms with Gasteiger partial charge < -0.3 is 16.0 Å². The number of nitrogens with one attached hydrogen (secondary N) is 3. The van der Waals surface area contributed by atoms with Crippen molar-refractivity contribution in [2.24, 2.45) is 0 Å². The quantitative estimate of drug-likeness (QED) is 0.733. The molecule has 3 aliphatic rings. The molecule has 0 aromatic carbocycles. The van der Waals surface area contributed by atoms with E-state index in [1.807, 2.05) is 0 Å². The molecule has 21 heavy (non-hydrogen) atoms. The van der Waals surface area contributed by atoms with Gasteiger partial charge in [0, 0.05) is 18.1 Å². The summed E-state index contributed by atoms with van der Waals surface area (Å²) in [4.78, 5) is 24.3. The van der Waals surface area contributed by atoms with Crippen molar-refractivity contribution in [2.75, 3.05) is 0 Å². The van der Waals surface area contributed by atoms with Crippen LogP contribution in [0.3, 0.4) is 0 Å². The largest absolute Gasteiger partial charge is 0.353 e. The van der Waals surface area contributed by atoms with Crippen molar-refractivity contribution in [3.8, 4) is 0 Å². The fourth-order valence-corrected chi connectivity index (χ4v) is 3.99. The predicted octanol–water partition coefficient (Wildman–Crippen LogP) is 1.22. The zero-order valence-electron chi connectivity index (χ0n) is 12.7. The molecule has 1 heterocycles. The van der Waals surface area contributed by atoms with Crippen LogP contribution in [0, 0.1) is 0 Å². The van der Waals surface area contributed by atoms with E-state index in [0.717, 1.165) is 25.7 Å². The third kappa shape index (κ3) is 3.76. The Balaban J connectivity index is 1.49. The van der Waals surface area contributed by atoms with Gasteiger partial charge in [-0.3, -0.25) is 9.59 Å². The predicted molar refractivity (Wildman–Crippen MR) is 80.7 cm³/mol. The molecular formula is C16H27N3O2. The number of piperazine rings is 1. The minimum atomic E-state index is -0.354. The van der Waals surface area contributed by atoms with Gasteiger partial charge in [-0.1, -0.05) is 32.1 Å². The molecule has 0 aromatic heterocycles. The SMILES string of the molecule is O=C(C[C@@H]1N[C@H]2CCCC[C@@H]2NC1=O)NC1CCCCC1. The first-order valence-electron chi connectivity index (χ1n) is 8.58. The summed E-state index contributed by atoms with van der Waals surface area (Å²) in [5.41, 5.74) is 0. The van der Waals surface area contributed by atoms with Gasteiger partial charge in [-0.05, 0) is 25.7 Å². The second-order valence-corrected chi connectivity index (χ2v) is 6.83. The Morgan fingerprint density at radius 1 is 1.00 bits per heavy atom. The molecule has 5 heteroatoms. The van der Waals surface area contributed by atoms with E-state index in [2.05, 4.69) is 16.0 Å². The number of fused-ring (bicyclic) bond motifs is 1. The lowest BCUT2D eigenvalue weighted by Crippen LogP contribution is -2.65. The van der Waals surface area contributed by atoms with Gasteiger partial charge in [0.25, 0.3) is 0 Å². The van der Waals surface area contributed by atoms with Gasteiger partial charge in [-0.25, -0.2) is 0 Å². The lowest BCUT2D eigenvalue weighted by Gasteiger charge is -2.40. The molecule has 1 aliphatic heterocycles. The molecule has 0 radical (unpaired) electrons. The van der Waals surface area contributed by atoms with Gasteiger partial charge in [-0.15, -0.1) is 0 Å². The van der Waals surface area contributed by atoms with Crippen LogP contribution in [0.25, 0.3) is 0 Å². The summed E-state index contributed by atoms with van der Waals surface area (Å²) >= 11 is 0. The highest BCUT2D eigenvalue weighted by Crippen LogP contribution is 2.22. The highest BCUT2D eigenvalue weighted by Gasteiger charge is 2.37. The van der Waals surface area contributed by atoms with Gasteiger partial charge in [0.15, 0.2) is 0 Å². The average Bonchev–Trinajstić information content (AvgIpc) is 2.49. The number of hydrogen-bond donors (Lipinski definition) is 3. The minimum Gasteiger partial charge on any atom is -0.353 e. The molecule has 2 aliphatic carbocycles. The molecule has 3 atom stereocenters. The van der Waals surface area contributed by atoms with Crippen LogP contribution in [0.4, 0.5) is 0 Å². The maximum absolute atomic E-state index is 12.2. The summed E-state index contributed by atoms with van der Waals surface area (Å²) in [5.74, 6) is 0.0146. The number of carbonyl (C=O) groups excluding carboxylic acids is 2. The normalized spacial score (nSPS) is 33.9. The van der Waals surface area contributed by atoms with Crippen molar-refractivity contribution in [1.82, 2.24) is 16.0 Å². The molecule has 0 aromatic rings. The lowest BCUT2D eigenvalue weighted by molar-refractivity contribution is -0.131. The second-order valence-electron chi connectivity index (χ2n) is 6.83. The molecule has 2 saturated carbocycles. The first-order valence-corrected chi connectivity index (χ1v) is 8.58. The Bertz CT molecular complexity index is 393. The Hall–Kier alpha value is -1.10. The zero-order valence-corrected chi connectivity index (χ0v) is 12.7. The van der Waals surface area contributed by atoms with Crippen molar-refractivity contribution < 1.29 is 9.59 Å². The van der Waals surface area contributed by atoms with Crippen molar-refractivity contribution in [2.45, 2.75) is 88.4 Å². The van der Waals surface area contributed by atoms with E-state index >= 15 is 0 Å². The van der Waals surface area contributed by atoms with Crippen LogP contribution in [0.1, 0.15) is 64.2 Å². The third-order valence-electron chi connectivity index (χ3n) is 5.19. The third-order valence-corrected chi connectivity index (χ3v) is 5.19. The van der Waals surface area contributed by atoms with Crippen LogP contribution >= 0.6 is 0 Å². The van der Waals surface area contributed by atoms with E-state index in [0.29, 0.717) is 12.1 Å².